The van der Waals surface area contributed by atoms with Crippen molar-refractivity contribution < 1.29 is 4.79 Å². The fourth-order valence-corrected chi connectivity index (χ4v) is 3.37. The molecular weight excluding hydrogens is 340 g/mol. The molecule has 0 aliphatic carbocycles. The Morgan fingerprint density at radius 3 is 1.18 bits per heavy atom. The van der Waals surface area contributed by atoms with Crippen molar-refractivity contribution in [2.24, 2.45) is 0 Å². The highest BCUT2D eigenvalue weighted by molar-refractivity contribution is 5.90. The van der Waals surface area contributed by atoms with E-state index in [-0.39, 0.29) is 0 Å². The van der Waals surface area contributed by atoms with Gasteiger partial charge in [0.2, 0.25) is 0 Å². The third-order valence-corrected chi connectivity index (χ3v) is 4.84. The lowest BCUT2D eigenvalue weighted by atomic mass is 9.94. The maximum absolute atomic E-state index is 11.3. The standard InChI is InChI=1S/C27H20O/c28-20-19-27(25-15-11-23(12-16-25)21-7-3-1-4-8-21)26-17-13-24(14-18-26)22-9-5-2-6-10-22/h1-20H. The molecule has 1 nitrogen and oxygen atoms in total. The lowest BCUT2D eigenvalue weighted by molar-refractivity contribution is -0.104. The van der Waals surface area contributed by atoms with E-state index >= 15 is 0 Å². The molecule has 0 fully saturated rings. The van der Waals surface area contributed by atoms with Gasteiger partial charge in [0.05, 0.1) is 0 Å². The van der Waals surface area contributed by atoms with E-state index in [0.717, 1.165) is 34.1 Å². The average Bonchev–Trinajstić information content (AvgIpc) is 2.79. The van der Waals surface area contributed by atoms with Gasteiger partial charge in [-0.05, 0) is 45.0 Å². The van der Waals surface area contributed by atoms with Gasteiger partial charge in [-0.25, -0.2) is 0 Å². The van der Waals surface area contributed by atoms with Crippen LogP contribution < -0.4 is 0 Å². The van der Waals surface area contributed by atoms with Gasteiger partial charge >= 0.3 is 0 Å². The summed E-state index contributed by atoms with van der Waals surface area (Å²) >= 11 is 0. The van der Waals surface area contributed by atoms with Gasteiger partial charge in [-0.15, -0.1) is 0 Å². The summed E-state index contributed by atoms with van der Waals surface area (Å²) in [6, 6.07) is 37.3. The van der Waals surface area contributed by atoms with Gasteiger partial charge in [-0.1, -0.05) is 109 Å². The van der Waals surface area contributed by atoms with Crippen LogP contribution in [0.25, 0.3) is 27.8 Å². The van der Waals surface area contributed by atoms with Gasteiger partial charge in [-0.3, -0.25) is 4.79 Å². The Kier molecular flexibility index (Phi) is 5.26. The molecule has 0 amide bonds. The van der Waals surface area contributed by atoms with Crippen LogP contribution in [0.4, 0.5) is 0 Å². The van der Waals surface area contributed by atoms with Crippen molar-refractivity contribution in [2.75, 3.05) is 0 Å². The molecule has 28 heavy (non-hydrogen) atoms. The third-order valence-electron chi connectivity index (χ3n) is 4.84. The summed E-state index contributed by atoms with van der Waals surface area (Å²) in [5, 5.41) is 0. The summed E-state index contributed by atoms with van der Waals surface area (Å²) in [4.78, 5) is 11.3. The van der Waals surface area contributed by atoms with Gasteiger partial charge in [0.25, 0.3) is 0 Å². The Morgan fingerprint density at radius 2 is 0.821 bits per heavy atom. The SMILES string of the molecule is O=CC=C(c1ccc(-c2ccccc2)cc1)c1ccc(-c2ccccc2)cc1. The van der Waals surface area contributed by atoms with Crippen molar-refractivity contribution in [1.29, 1.82) is 0 Å². The first kappa shape index (κ1) is 17.7. The average molecular weight is 360 g/mol. The largest absolute Gasteiger partial charge is 0.299 e. The second-order valence-electron chi connectivity index (χ2n) is 6.60. The number of hydrogen-bond donors (Lipinski definition) is 0. The van der Waals surface area contributed by atoms with Crippen molar-refractivity contribution in [3.63, 3.8) is 0 Å². The Balaban J connectivity index is 1.64. The molecular formula is C27H20O. The molecule has 4 aromatic rings. The lowest BCUT2D eigenvalue weighted by Gasteiger charge is -2.10. The minimum Gasteiger partial charge on any atom is -0.299 e. The second kappa shape index (κ2) is 8.32. The predicted molar refractivity (Wildman–Crippen MR) is 117 cm³/mol. The topological polar surface area (TPSA) is 17.1 Å². The molecule has 0 saturated carbocycles. The third kappa shape index (κ3) is 3.84. The summed E-state index contributed by atoms with van der Waals surface area (Å²) in [6.07, 6.45) is 2.49. The van der Waals surface area contributed by atoms with Crippen molar-refractivity contribution in [3.8, 4) is 22.3 Å². The highest BCUT2D eigenvalue weighted by Crippen LogP contribution is 2.28. The van der Waals surface area contributed by atoms with Crippen LogP contribution in [0, 0.1) is 0 Å². The van der Waals surface area contributed by atoms with Gasteiger partial charge in [-0.2, -0.15) is 0 Å². The summed E-state index contributed by atoms with van der Waals surface area (Å²) in [6.45, 7) is 0. The van der Waals surface area contributed by atoms with E-state index in [1.54, 1.807) is 6.08 Å². The molecule has 134 valence electrons. The minimum atomic E-state index is 0.853. The Hall–Kier alpha value is -3.71. The smallest absolute Gasteiger partial charge is 0.143 e. The summed E-state index contributed by atoms with van der Waals surface area (Å²) < 4.78 is 0. The van der Waals surface area contributed by atoms with Gasteiger partial charge < -0.3 is 0 Å². The van der Waals surface area contributed by atoms with E-state index < -0.39 is 0 Å². The van der Waals surface area contributed by atoms with E-state index in [1.807, 2.05) is 36.4 Å². The second-order valence-corrected chi connectivity index (χ2v) is 6.60. The van der Waals surface area contributed by atoms with Crippen LogP contribution in [0.3, 0.4) is 0 Å². The molecule has 1 heteroatoms. The molecule has 0 aliphatic rings. The molecule has 4 rings (SSSR count). The zero-order valence-corrected chi connectivity index (χ0v) is 15.5. The van der Waals surface area contributed by atoms with Crippen molar-refractivity contribution in [1.82, 2.24) is 0 Å². The molecule has 0 bridgehead atoms. The van der Waals surface area contributed by atoms with Gasteiger partial charge in [0, 0.05) is 0 Å². The summed E-state index contributed by atoms with van der Waals surface area (Å²) in [5.74, 6) is 0. The number of rotatable bonds is 5. The quantitative estimate of drug-likeness (QED) is 0.287. The molecule has 4 aromatic carbocycles. The van der Waals surface area contributed by atoms with Crippen LogP contribution in [-0.2, 0) is 4.79 Å². The monoisotopic (exact) mass is 360 g/mol. The van der Waals surface area contributed by atoms with Gasteiger partial charge in [0.15, 0.2) is 0 Å². The number of hydrogen-bond acceptors (Lipinski definition) is 1. The van der Waals surface area contributed by atoms with Gasteiger partial charge in [0.1, 0.15) is 6.29 Å². The number of aldehydes is 1. The molecule has 0 radical (unpaired) electrons. The number of allylic oxidation sites excluding steroid dienone is 1. The van der Waals surface area contributed by atoms with Crippen LogP contribution in [0.5, 0.6) is 0 Å². The first-order valence-electron chi connectivity index (χ1n) is 9.32. The molecule has 0 spiro atoms. The number of carbonyl (C=O) groups is 1. The molecule has 0 unspecified atom stereocenters. The highest BCUT2D eigenvalue weighted by atomic mass is 16.1. The molecule has 0 saturated heterocycles. The highest BCUT2D eigenvalue weighted by Gasteiger charge is 2.07. The maximum atomic E-state index is 11.3. The van der Waals surface area contributed by atoms with E-state index in [2.05, 4.69) is 72.8 Å². The van der Waals surface area contributed by atoms with Crippen LogP contribution in [0.1, 0.15) is 11.1 Å². The fourth-order valence-electron chi connectivity index (χ4n) is 3.37. The van der Waals surface area contributed by atoms with E-state index in [1.165, 1.54) is 11.1 Å². The normalized spacial score (nSPS) is 10.3. The predicted octanol–water partition coefficient (Wildman–Crippen LogP) is 6.65. The maximum Gasteiger partial charge on any atom is 0.143 e. The van der Waals surface area contributed by atoms with Crippen LogP contribution >= 0.6 is 0 Å². The van der Waals surface area contributed by atoms with Crippen molar-refractivity contribution >= 4 is 11.9 Å². The Bertz CT molecular complexity index is 990. The molecule has 0 atom stereocenters. The van der Waals surface area contributed by atoms with Crippen LogP contribution in [-0.4, -0.2) is 6.29 Å². The number of carbonyl (C=O) groups excluding carboxylic acids is 1. The molecule has 0 heterocycles. The number of benzene rings is 4. The Labute approximate surface area is 165 Å². The van der Waals surface area contributed by atoms with Crippen LogP contribution in [0.2, 0.25) is 0 Å². The molecule has 0 aromatic heterocycles. The van der Waals surface area contributed by atoms with E-state index in [0.29, 0.717) is 0 Å². The minimum absolute atomic E-state index is 0.853. The first-order valence-corrected chi connectivity index (χ1v) is 9.32. The van der Waals surface area contributed by atoms with E-state index in [9.17, 15) is 4.79 Å². The zero-order valence-electron chi connectivity index (χ0n) is 15.5. The summed E-state index contributed by atoms with van der Waals surface area (Å²) in [7, 11) is 0. The molecule has 0 aliphatic heterocycles. The van der Waals surface area contributed by atoms with Crippen LogP contribution in [0.15, 0.2) is 115 Å². The van der Waals surface area contributed by atoms with E-state index in [4.69, 9.17) is 0 Å². The zero-order chi connectivity index (χ0) is 19.2. The Morgan fingerprint density at radius 1 is 0.464 bits per heavy atom. The summed E-state index contributed by atoms with van der Waals surface area (Å²) in [5.41, 5.74) is 7.67. The molecule has 0 N–H and O–H groups in total. The lowest BCUT2D eigenvalue weighted by Crippen LogP contribution is -1.90. The fraction of sp³-hybridized carbons (Fsp3) is 0. The van der Waals surface area contributed by atoms with Crippen molar-refractivity contribution in [3.05, 3.63) is 126 Å². The van der Waals surface area contributed by atoms with Crippen molar-refractivity contribution in [2.45, 2.75) is 0 Å². The first-order chi connectivity index (χ1) is 13.8.